The van der Waals surface area contributed by atoms with Crippen molar-refractivity contribution in [2.45, 2.75) is 84.5 Å². The van der Waals surface area contributed by atoms with Crippen molar-refractivity contribution in [3.63, 3.8) is 0 Å². The first-order chi connectivity index (χ1) is 12.5. The number of rotatable bonds is 13. The number of benzene rings is 1. The average Bonchev–Trinajstić information content (AvgIpc) is 2.65. The molecule has 1 aromatic rings. The highest BCUT2D eigenvalue weighted by atomic mass is 127. The van der Waals surface area contributed by atoms with E-state index in [2.05, 4.69) is 93.6 Å². The second kappa shape index (κ2) is 13.1. The molecule has 3 heteroatoms. The van der Waals surface area contributed by atoms with Gasteiger partial charge in [0.2, 0.25) is 0 Å². The van der Waals surface area contributed by atoms with Crippen LogP contribution in [0.25, 0.3) is 0 Å². The molecule has 0 amide bonds. The van der Waals surface area contributed by atoms with E-state index in [9.17, 15) is 0 Å². The maximum Gasteiger partial charge on any atom is 0.192 e. The molecule has 1 nitrogen and oxygen atoms in total. The number of hydrogen-bond acceptors (Lipinski definition) is 1. The highest BCUT2D eigenvalue weighted by Crippen LogP contribution is 2.27. The summed E-state index contributed by atoms with van der Waals surface area (Å²) >= 11 is 2.50. The number of hydrogen-bond donors (Lipinski definition) is 0. The summed E-state index contributed by atoms with van der Waals surface area (Å²) in [5, 5.41) is 0. The van der Waals surface area contributed by atoms with Gasteiger partial charge in [-0.2, -0.15) is 0 Å². The zero-order valence-electron chi connectivity index (χ0n) is 17.6. The summed E-state index contributed by atoms with van der Waals surface area (Å²) < 4.78 is 7.98. The molecular weight excluding hydrogens is 447 g/mol. The van der Waals surface area contributed by atoms with Crippen LogP contribution < -0.4 is 0 Å². The van der Waals surface area contributed by atoms with Gasteiger partial charge in [-0.3, -0.25) is 0 Å². The van der Waals surface area contributed by atoms with Crippen LogP contribution in [0.3, 0.4) is 0 Å². The lowest BCUT2D eigenvalue weighted by Crippen LogP contribution is -2.40. The second-order valence-corrected chi connectivity index (χ2v) is 13.5. The number of alkyl halides is 1. The molecule has 0 saturated carbocycles. The van der Waals surface area contributed by atoms with Crippen molar-refractivity contribution in [3.8, 4) is 0 Å². The maximum atomic E-state index is 6.78. The van der Waals surface area contributed by atoms with Crippen LogP contribution in [0.5, 0.6) is 0 Å². The lowest BCUT2D eigenvalue weighted by atomic mass is 9.97. The number of allylic oxidation sites excluding steroid dienone is 2. The molecule has 1 unspecified atom stereocenters. The van der Waals surface area contributed by atoms with E-state index in [0.717, 1.165) is 6.42 Å². The monoisotopic (exact) mass is 486 g/mol. The largest absolute Gasteiger partial charge is 0.414 e. The van der Waals surface area contributed by atoms with Crippen LogP contribution in [0.15, 0.2) is 42.0 Å². The molecule has 0 aliphatic carbocycles. The van der Waals surface area contributed by atoms with Crippen molar-refractivity contribution in [3.05, 3.63) is 47.5 Å². The van der Waals surface area contributed by atoms with Gasteiger partial charge in [-0.15, -0.1) is 0 Å². The van der Waals surface area contributed by atoms with E-state index in [1.54, 1.807) is 0 Å². The van der Waals surface area contributed by atoms with Gasteiger partial charge < -0.3 is 4.43 Å². The van der Waals surface area contributed by atoms with Crippen molar-refractivity contribution in [1.82, 2.24) is 0 Å². The summed E-state index contributed by atoms with van der Waals surface area (Å²) in [6.45, 7) is 11.6. The van der Waals surface area contributed by atoms with Crippen LogP contribution >= 0.6 is 22.6 Å². The Morgan fingerprint density at radius 2 is 1.69 bits per heavy atom. The molecule has 0 aliphatic rings. The third-order valence-electron chi connectivity index (χ3n) is 5.61. The van der Waals surface area contributed by atoms with Crippen LogP contribution in [-0.4, -0.2) is 18.8 Å². The Labute approximate surface area is 177 Å². The Kier molecular flexibility index (Phi) is 12.1. The fourth-order valence-electron chi connectivity index (χ4n) is 3.74. The van der Waals surface area contributed by atoms with E-state index < -0.39 is 8.32 Å². The van der Waals surface area contributed by atoms with Gasteiger partial charge in [-0.1, -0.05) is 92.3 Å². The lowest BCUT2D eigenvalue weighted by molar-refractivity contribution is 0.174. The molecule has 1 rings (SSSR count). The van der Waals surface area contributed by atoms with Gasteiger partial charge in [0.1, 0.15) is 0 Å². The van der Waals surface area contributed by atoms with Gasteiger partial charge in [-0.05, 0) is 62.2 Å². The van der Waals surface area contributed by atoms with Gasteiger partial charge in [-0.25, -0.2) is 0 Å². The summed E-state index contributed by atoms with van der Waals surface area (Å²) in [4.78, 5) is 0. The third-order valence-corrected chi connectivity index (χ3v) is 10.9. The van der Waals surface area contributed by atoms with Crippen molar-refractivity contribution < 1.29 is 4.43 Å². The predicted octanol–water partition coefficient (Wildman–Crippen LogP) is 7.81. The Hall–Kier alpha value is -0.133. The minimum absolute atomic E-state index is 0.450. The maximum absolute atomic E-state index is 6.78. The van der Waals surface area contributed by atoms with E-state index >= 15 is 0 Å². The van der Waals surface area contributed by atoms with Gasteiger partial charge in [0.05, 0.1) is 0 Å². The van der Waals surface area contributed by atoms with Gasteiger partial charge in [0, 0.05) is 10.5 Å². The zero-order valence-corrected chi connectivity index (χ0v) is 20.7. The van der Waals surface area contributed by atoms with E-state index in [0.29, 0.717) is 12.0 Å². The van der Waals surface area contributed by atoms with Crippen molar-refractivity contribution in [2.24, 2.45) is 5.92 Å². The molecule has 0 aromatic heterocycles. The van der Waals surface area contributed by atoms with E-state index in [1.165, 1.54) is 53.0 Å². The van der Waals surface area contributed by atoms with Crippen LogP contribution in [0.4, 0.5) is 0 Å². The minimum Gasteiger partial charge on any atom is -0.414 e. The highest BCUT2D eigenvalue weighted by molar-refractivity contribution is 14.1. The smallest absolute Gasteiger partial charge is 0.192 e. The molecule has 0 saturated heterocycles. The molecule has 0 N–H and O–H groups in total. The van der Waals surface area contributed by atoms with Crippen molar-refractivity contribution in [1.29, 1.82) is 0 Å². The molecule has 26 heavy (non-hydrogen) atoms. The first-order valence-corrected chi connectivity index (χ1v) is 14.5. The number of halogens is 1. The van der Waals surface area contributed by atoms with Gasteiger partial charge in [0.25, 0.3) is 0 Å². The summed E-state index contributed by atoms with van der Waals surface area (Å²) in [6, 6.07) is 14.6. The molecule has 1 aromatic carbocycles. The van der Waals surface area contributed by atoms with Crippen LogP contribution in [-0.2, 0) is 10.8 Å². The van der Waals surface area contributed by atoms with E-state index in [-0.39, 0.29) is 0 Å². The van der Waals surface area contributed by atoms with E-state index in [4.69, 9.17) is 4.43 Å². The Morgan fingerprint density at radius 3 is 2.23 bits per heavy atom. The van der Waals surface area contributed by atoms with Crippen LogP contribution in [0.2, 0.25) is 18.1 Å². The summed E-state index contributed by atoms with van der Waals surface area (Å²) in [7, 11) is -1.50. The fourth-order valence-corrected chi connectivity index (χ4v) is 7.38. The normalized spacial score (nSPS) is 15.1. The second-order valence-electron chi connectivity index (χ2n) is 7.68. The molecule has 0 fully saturated rings. The lowest BCUT2D eigenvalue weighted by Gasteiger charge is -2.33. The predicted molar refractivity (Wildman–Crippen MR) is 128 cm³/mol. The summed E-state index contributed by atoms with van der Waals surface area (Å²) in [5.41, 5.74) is 2.95. The molecule has 0 spiro atoms. The van der Waals surface area contributed by atoms with Gasteiger partial charge >= 0.3 is 0 Å². The highest BCUT2D eigenvalue weighted by Gasteiger charge is 2.31. The molecule has 2 atom stereocenters. The first kappa shape index (κ1) is 23.9. The summed E-state index contributed by atoms with van der Waals surface area (Å²) in [5.74, 6) is 0.594. The molecule has 0 aliphatic heterocycles. The third kappa shape index (κ3) is 8.70. The first-order valence-electron chi connectivity index (χ1n) is 10.4. The van der Waals surface area contributed by atoms with Gasteiger partial charge in [0.15, 0.2) is 8.32 Å². The van der Waals surface area contributed by atoms with Crippen LogP contribution in [0, 0.1) is 5.92 Å². The average molecular weight is 487 g/mol. The summed E-state index contributed by atoms with van der Waals surface area (Å²) in [6.07, 6.45) is 7.59. The topological polar surface area (TPSA) is 9.23 Å². The molecular formula is C23H39IOSi. The SMILES string of the molecule is CC[Si](CC)(CC)OC(CCI)CC/C(C)=C/[C@H](C)Cc1ccccc1. The molecule has 148 valence electrons. The quantitative estimate of drug-likeness (QED) is 0.120. The molecule has 0 radical (unpaired) electrons. The van der Waals surface area contributed by atoms with Crippen molar-refractivity contribution in [2.75, 3.05) is 4.43 Å². The zero-order chi connectivity index (χ0) is 19.4. The molecule has 0 heterocycles. The Bertz CT molecular complexity index is 502. The molecule has 0 bridgehead atoms. The fraction of sp³-hybridized carbons (Fsp3) is 0.652. The van der Waals surface area contributed by atoms with Crippen LogP contribution in [0.1, 0.15) is 59.4 Å². The van der Waals surface area contributed by atoms with E-state index in [1.807, 2.05) is 0 Å². The Morgan fingerprint density at radius 1 is 1.08 bits per heavy atom. The minimum atomic E-state index is -1.50. The van der Waals surface area contributed by atoms with Crippen molar-refractivity contribution >= 4 is 30.9 Å². The standard InChI is InChI=1S/C23H39IOSi/c1-6-26(7-2,8-3)25-23(16-17-24)15-14-20(4)18-21(5)19-22-12-10-9-11-13-22/h9-13,18,21,23H,6-8,14-17,19H2,1-5H3/b20-18+/t21-,23?/m0/s1. The Balaban J connectivity index is 2.58.